The Balaban J connectivity index is 2.11. The predicted octanol–water partition coefficient (Wildman–Crippen LogP) is 1.13. The van der Waals surface area contributed by atoms with Crippen LogP contribution in [0.5, 0.6) is 0 Å². The Labute approximate surface area is 118 Å². The van der Waals surface area contributed by atoms with Crippen molar-refractivity contribution in [2.24, 2.45) is 0 Å². The van der Waals surface area contributed by atoms with Gasteiger partial charge in [0.1, 0.15) is 11.2 Å². The van der Waals surface area contributed by atoms with E-state index in [1.165, 1.54) is 6.20 Å². The number of carboxylic acid groups (broad SMARTS) is 1. The minimum Gasteiger partial charge on any atom is -0.481 e. The van der Waals surface area contributed by atoms with Crippen LogP contribution in [0, 0.1) is 0 Å². The topological polar surface area (TPSA) is 101 Å². The number of fused-ring (bicyclic) bond motifs is 1. The lowest BCUT2D eigenvalue weighted by atomic mass is 10.3. The smallest absolute Gasteiger partial charge is 0.303 e. The number of aliphatic carboxylic acids is 1. The molecular weight excluding hydrogens is 272 g/mol. The quantitative estimate of drug-likeness (QED) is 0.747. The summed E-state index contributed by atoms with van der Waals surface area (Å²) in [5.74, 6) is -0.595. The lowest BCUT2D eigenvalue weighted by Gasteiger charge is -2.03. The second-order valence-corrected chi connectivity index (χ2v) is 4.54. The molecule has 0 saturated heterocycles. The number of para-hydroxylation sites is 1. The summed E-state index contributed by atoms with van der Waals surface area (Å²) in [5.41, 5.74) is 0.891. The van der Waals surface area contributed by atoms with E-state index in [1.807, 2.05) is 30.3 Å². The van der Waals surface area contributed by atoms with Gasteiger partial charge in [-0.2, -0.15) is 5.10 Å². The number of benzene rings is 1. The number of aryl methyl sites for hydroxylation is 1. The summed E-state index contributed by atoms with van der Waals surface area (Å²) in [7, 11) is 0. The van der Waals surface area contributed by atoms with Crippen molar-refractivity contribution < 1.29 is 9.90 Å². The minimum absolute atomic E-state index is 0.0894. The first-order chi connectivity index (χ1) is 10.1. The minimum atomic E-state index is -0.936. The molecule has 7 heteroatoms. The van der Waals surface area contributed by atoms with Gasteiger partial charge in [-0.15, -0.1) is 0 Å². The molecule has 7 nitrogen and oxygen atoms in total. The van der Waals surface area contributed by atoms with Gasteiger partial charge in [0.05, 0.1) is 18.3 Å². The molecule has 0 aliphatic rings. The van der Waals surface area contributed by atoms with Gasteiger partial charge in [-0.05, 0) is 12.1 Å². The average molecular weight is 284 g/mol. The van der Waals surface area contributed by atoms with E-state index in [9.17, 15) is 9.59 Å². The summed E-state index contributed by atoms with van der Waals surface area (Å²) in [5, 5.41) is 13.3. The molecule has 0 bridgehead atoms. The largest absolute Gasteiger partial charge is 0.481 e. The van der Waals surface area contributed by atoms with E-state index >= 15 is 0 Å². The van der Waals surface area contributed by atoms with Gasteiger partial charge >= 0.3 is 5.97 Å². The van der Waals surface area contributed by atoms with E-state index in [2.05, 4.69) is 15.1 Å². The maximum atomic E-state index is 12.0. The Morgan fingerprint density at radius 1 is 1.29 bits per heavy atom. The molecule has 0 aliphatic heterocycles. The molecule has 2 aromatic heterocycles. The standard InChI is InChI=1S/C14H12N4O3/c19-12(20)7-6-11-16-13-10(14(21)17-11)8-15-18(13)9-4-2-1-3-5-9/h1-5,8H,6-7H2,(H,19,20)(H,16,17,21). The number of hydrogen-bond donors (Lipinski definition) is 2. The monoisotopic (exact) mass is 284 g/mol. The summed E-state index contributed by atoms with van der Waals surface area (Å²) < 4.78 is 1.56. The van der Waals surface area contributed by atoms with Gasteiger partial charge in [0, 0.05) is 6.42 Å². The van der Waals surface area contributed by atoms with Crippen molar-refractivity contribution >= 4 is 17.0 Å². The summed E-state index contributed by atoms with van der Waals surface area (Å²) in [6.07, 6.45) is 1.53. The van der Waals surface area contributed by atoms with E-state index in [4.69, 9.17) is 5.11 Å². The lowest BCUT2D eigenvalue weighted by molar-refractivity contribution is -0.137. The van der Waals surface area contributed by atoms with Crippen LogP contribution in [0.3, 0.4) is 0 Å². The normalized spacial score (nSPS) is 10.9. The van der Waals surface area contributed by atoms with Crippen LogP contribution in [0.4, 0.5) is 0 Å². The Bertz CT molecular complexity index is 852. The van der Waals surface area contributed by atoms with Crippen LogP contribution in [-0.2, 0) is 11.2 Å². The van der Waals surface area contributed by atoms with Crippen LogP contribution < -0.4 is 5.56 Å². The number of carbonyl (C=O) groups is 1. The van der Waals surface area contributed by atoms with Crippen LogP contribution in [0.1, 0.15) is 12.2 Å². The molecule has 0 amide bonds. The first kappa shape index (κ1) is 13.0. The maximum Gasteiger partial charge on any atom is 0.303 e. The van der Waals surface area contributed by atoms with Gasteiger partial charge in [-0.25, -0.2) is 9.67 Å². The van der Waals surface area contributed by atoms with Crippen LogP contribution >= 0.6 is 0 Å². The van der Waals surface area contributed by atoms with Crippen LogP contribution in [-0.4, -0.2) is 30.8 Å². The maximum absolute atomic E-state index is 12.0. The van der Waals surface area contributed by atoms with Gasteiger partial charge in [0.25, 0.3) is 5.56 Å². The van der Waals surface area contributed by atoms with E-state index in [0.29, 0.717) is 16.9 Å². The molecule has 0 aliphatic carbocycles. The first-order valence-electron chi connectivity index (χ1n) is 6.39. The Kier molecular flexibility index (Phi) is 3.23. The summed E-state index contributed by atoms with van der Waals surface area (Å²) >= 11 is 0. The number of nitrogens with one attached hydrogen (secondary N) is 1. The van der Waals surface area contributed by atoms with Gasteiger partial charge in [0.2, 0.25) is 0 Å². The molecule has 3 aromatic rings. The second kappa shape index (κ2) is 5.20. The number of hydrogen-bond acceptors (Lipinski definition) is 4. The molecule has 106 valence electrons. The summed E-state index contributed by atoms with van der Waals surface area (Å²) in [6, 6.07) is 9.31. The fraction of sp³-hybridized carbons (Fsp3) is 0.143. The summed E-state index contributed by atoms with van der Waals surface area (Å²) in [6.45, 7) is 0. The third kappa shape index (κ3) is 2.53. The number of rotatable bonds is 4. The molecule has 0 fully saturated rings. The number of H-pyrrole nitrogens is 1. The van der Waals surface area contributed by atoms with E-state index < -0.39 is 5.97 Å². The van der Waals surface area contributed by atoms with Crippen molar-refractivity contribution in [1.82, 2.24) is 19.7 Å². The fourth-order valence-electron chi connectivity index (χ4n) is 2.07. The number of carboxylic acids is 1. The fourth-order valence-corrected chi connectivity index (χ4v) is 2.07. The molecular formula is C14H12N4O3. The molecule has 2 N–H and O–H groups in total. The highest BCUT2D eigenvalue weighted by atomic mass is 16.4. The zero-order valence-electron chi connectivity index (χ0n) is 11.0. The van der Waals surface area contributed by atoms with Gasteiger partial charge < -0.3 is 10.1 Å². The first-order valence-corrected chi connectivity index (χ1v) is 6.39. The highest BCUT2D eigenvalue weighted by molar-refractivity contribution is 5.75. The highest BCUT2D eigenvalue weighted by Gasteiger charge is 2.11. The summed E-state index contributed by atoms with van der Waals surface area (Å²) in [4.78, 5) is 29.5. The molecule has 0 spiro atoms. The third-order valence-electron chi connectivity index (χ3n) is 3.06. The SMILES string of the molecule is O=C(O)CCc1nc2c(cnn2-c2ccccc2)c(=O)[nH]1. The molecule has 3 rings (SSSR count). The molecule has 0 saturated carbocycles. The van der Waals surface area contributed by atoms with Crippen molar-refractivity contribution in [2.75, 3.05) is 0 Å². The van der Waals surface area contributed by atoms with Crippen LogP contribution in [0.25, 0.3) is 16.7 Å². The van der Waals surface area contributed by atoms with Crippen molar-refractivity contribution in [1.29, 1.82) is 0 Å². The Morgan fingerprint density at radius 3 is 2.76 bits per heavy atom. The zero-order chi connectivity index (χ0) is 14.8. The number of nitrogens with zero attached hydrogens (tertiary/aromatic N) is 3. The van der Waals surface area contributed by atoms with Crippen molar-refractivity contribution in [3.8, 4) is 5.69 Å². The van der Waals surface area contributed by atoms with Crippen LogP contribution in [0.15, 0.2) is 41.3 Å². The second-order valence-electron chi connectivity index (χ2n) is 4.54. The number of aromatic nitrogens is 4. The Morgan fingerprint density at radius 2 is 2.05 bits per heavy atom. The lowest BCUT2D eigenvalue weighted by Crippen LogP contribution is -2.13. The van der Waals surface area contributed by atoms with Gasteiger partial charge in [-0.1, -0.05) is 18.2 Å². The average Bonchev–Trinajstić information content (AvgIpc) is 2.90. The van der Waals surface area contributed by atoms with E-state index in [1.54, 1.807) is 4.68 Å². The highest BCUT2D eigenvalue weighted by Crippen LogP contribution is 2.13. The van der Waals surface area contributed by atoms with Gasteiger partial charge in [-0.3, -0.25) is 9.59 Å². The molecule has 0 radical (unpaired) electrons. The molecule has 2 heterocycles. The van der Waals surface area contributed by atoms with Gasteiger partial charge in [0.15, 0.2) is 5.65 Å². The molecule has 1 aromatic carbocycles. The number of aromatic amines is 1. The van der Waals surface area contributed by atoms with Crippen molar-refractivity contribution in [2.45, 2.75) is 12.8 Å². The van der Waals surface area contributed by atoms with Crippen LogP contribution in [0.2, 0.25) is 0 Å². The third-order valence-corrected chi connectivity index (χ3v) is 3.06. The van der Waals surface area contributed by atoms with E-state index in [0.717, 1.165) is 5.69 Å². The van der Waals surface area contributed by atoms with E-state index in [-0.39, 0.29) is 18.4 Å². The van der Waals surface area contributed by atoms with Crippen molar-refractivity contribution in [3.05, 3.63) is 52.7 Å². The Hall–Kier alpha value is -2.96. The molecule has 0 unspecified atom stereocenters. The predicted molar refractivity (Wildman–Crippen MR) is 75.4 cm³/mol. The molecule has 21 heavy (non-hydrogen) atoms. The van der Waals surface area contributed by atoms with Crippen molar-refractivity contribution in [3.63, 3.8) is 0 Å². The zero-order valence-corrected chi connectivity index (χ0v) is 11.0. The molecule has 0 atom stereocenters.